The average molecular weight is 258 g/mol. The van der Waals surface area contributed by atoms with Gasteiger partial charge in [0.15, 0.2) is 0 Å². The van der Waals surface area contributed by atoms with E-state index in [1.807, 2.05) is 0 Å². The lowest BCUT2D eigenvalue weighted by Crippen LogP contribution is -2.02. The third-order valence-corrected chi connectivity index (χ3v) is 2.76. The van der Waals surface area contributed by atoms with E-state index in [4.69, 9.17) is 13.6 Å². The quantitative estimate of drug-likeness (QED) is 0.522. The van der Waals surface area contributed by atoms with Gasteiger partial charge in [-0.05, 0) is 25.1 Å². The van der Waals surface area contributed by atoms with E-state index in [9.17, 15) is 9.59 Å². The average Bonchev–Trinajstić information content (AvgIpc) is 2.83. The molecule has 0 amide bonds. The standard InChI is InChI=1S/C14H10O5/c1-2-17-14(16)11-7-9-10(18-11)5-3-8-4-6-12(15)19-13(8)9/h3-7H,2H2,1H3. The Balaban J connectivity index is 2.27. The largest absolute Gasteiger partial charge is 0.460 e. The summed E-state index contributed by atoms with van der Waals surface area (Å²) in [6, 6.07) is 8.02. The molecule has 0 aliphatic rings. The summed E-state index contributed by atoms with van der Waals surface area (Å²) in [5.41, 5.74) is 0.438. The topological polar surface area (TPSA) is 69.7 Å². The Bertz CT molecular complexity index is 825. The van der Waals surface area contributed by atoms with Gasteiger partial charge in [0, 0.05) is 17.5 Å². The number of carbonyl (C=O) groups is 1. The molecule has 2 heterocycles. The van der Waals surface area contributed by atoms with E-state index in [0.29, 0.717) is 16.6 Å². The van der Waals surface area contributed by atoms with Crippen LogP contribution in [0.4, 0.5) is 0 Å². The second-order valence-corrected chi connectivity index (χ2v) is 3.98. The van der Waals surface area contributed by atoms with Gasteiger partial charge in [0.05, 0.1) is 12.0 Å². The highest BCUT2D eigenvalue weighted by atomic mass is 16.5. The number of ether oxygens (including phenoxy) is 1. The van der Waals surface area contributed by atoms with Crippen molar-refractivity contribution in [3.8, 4) is 0 Å². The van der Waals surface area contributed by atoms with Crippen molar-refractivity contribution in [3.05, 3.63) is 46.5 Å². The first-order valence-corrected chi connectivity index (χ1v) is 5.82. The van der Waals surface area contributed by atoms with Gasteiger partial charge in [-0.2, -0.15) is 0 Å². The summed E-state index contributed by atoms with van der Waals surface area (Å²) in [7, 11) is 0. The second kappa shape index (κ2) is 4.28. The fourth-order valence-corrected chi connectivity index (χ4v) is 1.94. The molecule has 5 nitrogen and oxygen atoms in total. The summed E-state index contributed by atoms with van der Waals surface area (Å²) in [6.45, 7) is 1.99. The zero-order valence-corrected chi connectivity index (χ0v) is 10.1. The van der Waals surface area contributed by atoms with Crippen LogP contribution in [0, 0.1) is 0 Å². The lowest BCUT2D eigenvalue weighted by atomic mass is 10.2. The van der Waals surface area contributed by atoms with Crippen molar-refractivity contribution in [2.45, 2.75) is 6.92 Å². The van der Waals surface area contributed by atoms with Crippen LogP contribution in [0.3, 0.4) is 0 Å². The summed E-state index contributed by atoms with van der Waals surface area (Å²) >= 11 is 0. The minimum Gasteiger partial charge on any atom is -0.460 e. The van der Waals surface area contributed by atoms with E-state index in [2.05, 4.69) is 0 Å². The van der Waals surface area contributed by atoms with Crippen LogP contribution >= 0.6 is 0 Å². The van der Waals surface area contributed by atoms with E-state index in [1.54, 1.807) is 25.1 Å². The van der Waals surface area contributed by atoms with Crippen LogP contribution in [0.2, 0.25) is 0 Å². The third-order valence-electron chi connectivity index (χ3n) is 2.76. The van der Waals surface area contributed by atoms with Crippen LogP contribution < -0.4 is 5.63 Å². The van der Waals surface area contributed by atoms with Crippen molar-refractivity contribution in [2.75, 3.05) is 6.61 Å². The number of fused-ring (bicyclic) bond motifs is 3. The molecule has 0 fully saturated rings. The van der Waals surface area contributed by atoms with E-state index in [-0.39, 0.29) is 12.4 Å². The fourth-order valence-electron chi connectivity index (χ4n) is 1.94. The van der Waals surface area contributed by atoms with Crippen LogP contribution in [0.1, 0.15) is 17.5 Å². The highest BCUT2D eigenvalue weighted by Gasteiger charge is 2.15. The SMILES string of the molecule is CCOC(=O)c1cc2c(ccc3ccc(=O)oc32)o1. The minimum atomic E-state index is -0.537. The Labute approximate surface area is 107 Å². The molecular weight excluding hydrogens is 248 g/mol. The number of rotatable bonds is 2. The summed E-state index contributed by atoms with van der Waals surface area (Å²) in [6.07, 6.45) is 0. The highest BCUT2D eigenvalue weighted by Crippen LogP contribution is 2.27. The zero-order chi connectivity index (χ0) is 13.4. The fraction of sp³-hybridized carbons (Fsp3) is 0.143. The van der Waals surface area contributed by atoms with Crippen LogP contribution in [0.15, 0.2) is 44.0 Å². The van der Waals surface area contributed by atoms with Crippen LogP contribution in [0.5, 0.6) is 0 Å². The molecule has 3 rings (SSSR count). The Hall–Kier alpha value is -2.56. The Kier molecular flexibility index (Phi) is 2.59. The van der Waals surface area contributed by atoms with Crippen LogP contribution in [-0.2, 0) is 4.74 Å². The number of hydrogen-bond donors (Lipinski definition) is 0. The van der Waals surface area contributed by atoms with Crippen molar-refractivity contribution in [3.63, 3.8) is 0 Å². The monoisotopic (exact) mass is 258 g/mol. The van der Waals surface area contributed by atoms with Gasteiger partial charge in [0.2, 0.25) is 5.76 Å². The molecule has 0 saturated heterocycles. The molecule has 1 aromatic carbocycles. The molecule has 0 saturated carbocycles. The van der Waals surface area contributed by atoms with Gasteiger partial charge in [-0.3, -0.25) is 0 Å². The second-order valence-electron chi connectivity index (χ2n) is 3.98. The number of hydrogen-bond acceptors (Lipinski definition) is 5. The Morgan fingerprint density at radius 3 is 2.79 bits per heavy atom. The molecule has 0 radical (unpaired) electrons. The summed E-state index contributed by atoms with van der Waals surface area (Å²) in [4.78, 5) is 22.9. The predicted octanol–water partition coefficient (Wildman–Crippen LogP) is 2.72. The molecule has 0 aliphatic heterocycles. The summed E-state index contributed by atoms with van der Waals surface area (Å²) < 4.78 is 15.4. The maximum atomic E-state index is 11.6. The molecule has 2 aromatic heterocycles. The van der Waals surface area contributed by atoms with E-state index >= 15 is 0 Å². The highest BCUT2D eigenvalue weighted by molar-refractivity contribution is 6.04. The molecular formula is C14H10O5. The Morgan fingerprint density at radius 2 is 2.00 bits per heavy atom. The molecule has 96 valence electrons. The van der Waals surface area contributed by atoms with Crippen molar-refractivity contribution < 1.29 is 18.4 Å². The first-order chi connectivity index (χ1) is 9.19. The molecule has 0 unspecified atom stereocenters. The molecule has 0 atom stereocenters. The lowest BCUT2D eigenvalue weighted by Gasteiger charge is -1.95. The smallest absolute Gasteiger partial charge is 0.374 e. The van der Waals surface area contributed by atoms with E-state index in [0.717, 1.165) is 5.39 Å². The van der Waals surface area contributed by atoms with Crippen molar-refractivity contribution in [1.29, 1.82) is 0 Å². The van der Waals surface area contributed by atoms with Gasteiger partial charge >= 0.3 is 11.6 Å². The predicted molar refractivity (Wildman–Crippen MR) is 68.2 cm³/mol. The van der Waals surface area contributed by atoms with Crippen LogP contribution in [-0.4, -0.2) is 12.6 Å². The number of benzene rings is 1. The summed E-state index contributed by atoms with van der Waals surface area (Å²) in [5, 5.41) is 1.35. The maximum Gasteiger partial charge on any atom is 0.374 e. The first-order valence-electron chi connectivity index (χ1n) is 5.82. The van der Waals surface area contributed by atoms with Gasteiger partial charge in [0.1, 0.15) is 11.2 Å². The molecule has 0 aliphatic carbocycles. The van der Waals surface area contributed by atoms with E-state index < -0.39 is 11.6 Å². The number of furan rings is 1. The third kappa shape index (κ3) is 1.89. The normalized spacial score (nSPS) is 11.0. The molecule has 19 heavy (non-hydrogen) atoms. The molecule has 3 aromatic rings. The van der Waals surface area contributed by atoms with Crippen LogP contribution in [0.25, 0.3) is 21.9 Å². The van der Waals surface area contributed by atoms with Gasteiger partial charge < -0.3 is 13.6 Å². The van der Waals surface area contributed by atoms with Crippen molar-refractivity contribution >= 4 is 27.9 Å². The molecule has 0 spiro atoms. The summed E-state index contributed by atoms with van der Waals surface area (Å²) in [5.74, 6) is -0.444. The lowest BCUT2D eigenvalue weighted by molar-refractivity contribution is 0.0492. The van der Waals surface area contributed by atoms with Gasteiger partial charge in [0.25, 0.3) is 0 Å². The van der Waals surface area contributed by atoms with Crippen molar-refractivity contribution in [2.24, 2.45) is 0 Å². The van der Waals surface area contributed by atoms with E-state index in [1.165, 1.54) is 12.1 Å². The van der Waals surface area contributed by atoms with Crippen molar-refractivity contribution in [1.82, 2.24) is 0 Å². The maximum absolute atomic E-state index is 11.6. The van der Waals surface area contributed by atoms with Gasteiger partial charge in [-0.1, -0.05) is 0 Å². The number of carbonyl (C=O) groups excluding carboxylic acids is 1. The first kappa shape index (κ1) is 11.5. The zero-order valence-electron chi connectivity index (χ0n) is 10.1. The van der Waals surface area contributed by atoms with Gasteiger partial charge in [-0.25, -0.2) is 9.59 Å². The molecule has 5 heteroatoms. The molecule has 0 N–H and O–H groups in total. The number of esters is 1. The minimum absolute atomic E-state index is 0.0934. The van der Waals surface area contributed by atoms with Gasteiger partial charge in [-0.15, -0.1) is 0 Å². The Morgan fingerprint density at radius 1 is 1.21 bits per heavy atom. The molecule has 0 bridgehead atoms.